The summed E-state index contributed by atoms with van der Waals surface area (Å²) in [4.78, 5) is 0. The number of hydrogen-bond acceptors (Lipinski definition) is 3. The van der Waals surface area contributed by atoms with Crippen molar-refractivity contribution in [2.24, 2.45) is 5.73 Å². The van der Waals surface area contributed by atoms with Gasteiger partial charge < -0.3 is 15.2 Å². The van der Waals surface area contributed by atoms with E-state index in [0.717, 1.165) is 23.5 Å². The van der Waals surface area contributed by atoms with Crippen molar-refractivity contribution < 1.29 is 9.47 Å². The molecule has 3 heteroatoms. The van der Waals surface area contributed by atoms with Crippen molar-refractivity contribution in [1.82, 2.24) is 0 Å². The summed E-state index contributed by atoms with van der Waals surface area (Å²) >= 11 is 0. The van der Waals surface area contributed by atoms with Crippen LogP contribution in [-0.4, -0.2) is 19.8 Å². The number of para-hydroxylation sites is 1. The van der Waals surface area contributed by atoms with E-state index in [-0.39, 0.29) is 6.04 Å². The molecule has 2 aromatic rings. The lowest BCUT2D eigenvalue weighted by Gasteiger charge is -2.13. The Morgan fingerprint density at radius 3 is 2.47 bits per heavy atom. The third-order valence-corrected chi connectivity index (χ3v) is 2.84. The zero-order chi connectivity index (χ0) is 13.5. The van der Waals surface area contributed by atoms with Gasteiger partial charge in [-0.25, -0.2) is 0 Å². The molecule has 2 aromatic carbocycles. The van der Waals surface area contributed by atoms with Gasteiger partial charge in [0.15, 0.2) is 0 Å². The average molecular weight is 257 g/mol. The summed E-state index contributed by atoms with van der Waals surface area (Å²) in [7, 11) is 1.66. The molecule has 0 heterocycles. The van der Waals surface area contributed by atoms with Crippen LogP contribution in [0.4, 0.5) is 0 Å². The van der Waals surface area contributed by atoms with Gasteiger partial charge in [0.2, 0.25) is 0 Å². The fourth-order valence-corrected chi connectivity index (χ4v) is 1.88. The van der Waals surface area contributed by atoms with Crippen LogP contribution in [0.2, 0.25) is 0 Å². The fourth-order valence-electron chi connectivity index (χ4n) is 1.88. The SMILES string of the molecule is COc1cccc(CC(N)COc2ccccc2)c1. The fraction of sp³-hybridized carbons (Fsp3) is 0.250. The molecule has 0 radical (unpaired) electrons. The summed E-state index contributed by atoms with van der Waals surface area (Å²) in [6.07, 6.45) is 0.768. The van der Waals surface area contributed by atoms with Gasteiger partial charge in [-0.05, 0) is 36.2 Å². The van der Waals surface area contributed by atoms with Crippen LogP contribution in [0.1, 0.15) is 5.56 Å². The lowest BCUT2D eigenvalue weighted by Crippen LogP contribution is -2.30. The van der Waals surface area contributed by atoms with E-state index < -0.39 is 0 Å². The molecule has 0 amide bonds. The molecule has 1 unspecified atom stereocenters. The van der Waals surface area contributed by atoms with Crippen LogP contribution in [0.3, 0.4) is 0 Å². The third-order valence-electron chi connectivity index (χ3n) is 2.84. The molecule has 0 aliphatic carbocycles. The van der Waals surface area contributed by atoms with Crippen molar-refractivity contribution in [3.63, 3.8) is 0 Å². The Morgan fingerprint density at radius 2 is 1.74 bits per heavy atom. The van der Waals surface area contributed by atoms with E-state index in [2.05, 4.69) is 0 Å². The highest BCUT2D eigenvalue weighted by Gasteiger charge is 2.06. The van der Waals surface area contributed by atoms with Crippen molar-refractivity contribution >= 4 is 0 Å². The smallest absolute Gasteiger partial charge is 0.119 e. The lowest BCUT2D eigenvalue weighted by atomic mass is 10.1. The van der Waals surface area contributed by atoms with Crippen molar-refractivity contribution in [3.8, 4) is 11.5 Å². The largest absolute Gasteiger partial charge is 0.497 e. The third kappa shape index (κ3) is 4.30. The highest BCUT2D eigenvalue weighted by atomic mass is 16.5. The molecule has 0 aliphatic rings. The molecule has 0 aliphatic heterocycles. The zero-order valence-corrected chi connectivity index (χ0v) is 11.1. The Hall–Kier alpha value is -2.00. The summed E-state index contributed by atoms with van der Waals surface area (Å²) in [6, 6.07) is 17.6. The Bertz CT molecular complexity index is 499. The van der Waals surface area contributed by atoms with E-state index in [4.69, 9.17) is 15.2 Å². The molecular weight excluding hydrogens is 238 g/mol. The maximum Gasteiger partial charge on any atom is 0.119 e. The minimum absolute atomic E-state index is 0.0349. The van der Waals surface area contributed by atoms with Gasteiger partial charge >= 0.3 is 0 Å². The minimum Gasteiger partial charge on any atom is -0.497 e. The number of ether oxygens (including phenoxy) is 2. The molecule has 1 atom stereocenters. The van der Waals surface area contributed by atoms with Gasteiger partial charge in [0.05, 0.1) is 7.11 Å². The maximum absolute atomic E-state index is 6.08. The molecule has 3 nitrogen and oxygen atoms in total. The molecular formula is C16H19NO2. The molecule has 0 saturated carbocycles. The molecule has 0 spiro atoms. The highest BCUT2D eigenvalue weighted by Crippen LogP contribution is 2.14. The molecule has 19 heavy (non-hydrogen) atoms. The first kappa shape index (κ1) is 13.4. The number of hydrogen-bond donors (Lipinski definition) is 1. The first-order chi connectivity index (χ1) is 9.28. The summed E-state index contributed by atoms with van der Waals surface area (Å²) in [6.45, 7) is 0.501. The van der Waals surface area contributed by atoms with Crippen LogP contribution >= 0.6 is 0 Å². The second kappa shape index (κ2) is 6.81. The number of nitrogens with two attached hydrogens (primary N) is 1. The van der Waals surface area contributed by atoms with Crippen molar-refractivity contribution in [3.05, 3.63) is 60.2 Å². The van der Waals surface area contributed by atoms with E-state index in [0.29, 0.717) is 6.61 Å². The van der Waals surface area contributed by atoms with Crippen LogP contribution in [0.25, 0.3) is 0 Å². The second-order valence-electron chi connectivity index (χ2n) is 4.44. The van der Waals surface area contributed by atoms with Gasteiger partial charge in [-0.2, -0.15) is 0 Å². The molecule has 0 aromatic heterocycles. The van der Waals surface area contributed by atoms with E-state index in [1.807, 2.05) is 54.6 Å². The van der Waals surface area contributed by atoms with Crippen LogP contribution in [-0.2, 0) is 6.42 Å². The Kier molecular flexibility index (Phi) is 4.81. The van der Waals surface area contributed by atoms with Gasteiger partial charge in [-0.3, -0.25) is 0 Å². The van der Waals surface area contributed by atoms with Gasteiger partial charge in [0.1, 0.15) is 18.1 Å². The van der Waals surface area contributed by atoms with E-state index in [1.54, 1.807) is 7.11 Å². The summed E-state index contributed by atoms with van der Waals surface area (Å²) in [5.41, 5.74) is 7.24. The monoisotopic (exact) mass is 257 g/mol. The van der Waals surface area contributed by atoms with E-state index in [1.165, 1.54) is 0 Å². The van der Waals surface area contributed by atoms with Crippen molar-refractivity contribution in [2.45, 2.75) is 12.5 Å². The van der Waals surface area contributed by atoms with E-state index >= 15 is 0 Å². The second-order valence-corrected chi connectivity index (χ2v) is 4.44. The van der Waals surface area contributed by atoms with Crippen LogP contribution in [0, 0.1) is 0 Å². The standard InChI is InChI=1S/C16H19NO2/c1-18-16-9-5-6-13(11-16)10-14(17)12-19-15-7-3-2-4-8-15/h2-9,11,14H,10,12,17H2,1H3. The van der Waals surface area contributed by atoms with Gasteiger partial charge in [-0.1, -0.05) is 30.3 Å². The number of methoxy groups -OCH3 is 1. The molecule has 100 valence electrons. The van der Waals surface area contributed by atoms with E-state index in [9.17, 15) is 0 Å². The van der Waals surface area contributed by atoms with Gasteiger partial charge in [0.25, 0.3) is 0 Å². The van der Waals surface area contributed by atoms with Crippen LogP contribution in [0.5, 0.6) is 11.5 Å². The molecule has 2 N–H and O–H groups in total. The molecule has 2 rings (SSSR count). The summed E-state index contributed by atoms with van der Waals surface area (Å²) in [5, 5.41) is 0. The number of rotatable bonds is 6. The zero-order valence-electron chi connectivity index (χ0n) is 11.1. The van der Waals surface area contributed by atoms with Crippen molar-refractivity contribution in [2.75, 3.05) is 13.7 Å². The molecule has 0 fully saturated rings. The summed E-state index contributed by atoms with van der Waals surface area (Å²) in [5.74, 6) is 1.71. The lowest BCUT2D eigenvalue weighted by molar-refractivity contribution is 0.287. The highest BCUT2D eigenvalue weighted by molar-refractivity contribution is 5.29. The molecule has 0 saturated heterocycles. The predicted octanol–water partition coefficient (Wildman–Crippen LogP) is 2.64. The van der Waals surface area contributed by atoms with Crippen LogP contribution < -0.4 is 15.2 Å². The normalized spacial score (nSPS) is 11.9. The average Bonchev–Trinajstić information content (AvgIpc) is 2.46. The Labute approximate surface area is 114 Å². The van der Waals surface area contributed by atoms with Gasteiger partial charge in [0, 0.05) is 6.04 Å². The van der Waals surface area contributed by atoms with Crippen LogP contribution in [0.15, 0.2) is 54.6 Å². The van der Waals surface area contributed by atoms with Crippen molar-refractivity contribution in [1.29, 1.82) is 0 Å². The quantitative estimate of drug-likeness (QED) is 0.865. The maximum atomic E-state index is 6.08. The predicted molar refractivity (Wildman–Crippen MR) is 76.6 cm³/mol. The summed E-state index contributed by atoms with van der Waals surface area (Å²) < 4.78 is 10.8. The Morgan fingerprint density at radius 1 is 1.00 bits per heavy atom. The first-order valence-electron chi connectivity index (χ1n) is 6.34. The minimum atomic E-state index is -0.0349. The Balaban J connectivity index is 1.85. The number of benzene rings is 2. The molecule has 0 bridgehead atoms. The first-order valence-corrected chi connectivity index (χ1v) is 6.34. The van der Waals surface area contributed by atoms with Gasteiger partial charge in [-0.15, -0.1) is 0 Å². The topological polar surface area (TPSA) is 44.5 Å².